The monoisotopic (exact) mass is 212 g/mol. The minimum absolute atomic E-state index is 0.00168. The molecule has 0 bridgehead atoms. The number of hydrogen-bond donors (Lipinski definition) is 1. The Balaban J connectivity index is 2.51. The van der Waals surface area contributed by atoms with Crippen LogP contribution in [0.15, 0.2) is 6.07 Å². The molecule has 0 radical (unpaired) electrons. The second kappa shape index (κ2) is 3.46. The van der Waals surface area contributed by atoms with Gasteiger partial charge in [-0.1, -0.05) is 11.6 Å². The van der Waals surface area contributed by atoms with Gasteiger partial charge in [0.2, 0.25) is 11.8 Å². The van der Waals surface area contributed by atoms with Gasteiger partial charge in [-0.2, -0.15) is 0 Å². The van der Waals surface area contributed by atoms with Crippen molar-refractivity contribution in [1.82, 2.24) is 4.98 Å². The highest BCUT2D eigenvalue weighted by Crippen LogP contribution is 2.31. The van der Waals surface area contributed by atoms with E-state index in [1.807, 2.05) is 0 Å². The number of ether oxygens (including phenoxy) is 1. The van der Waals surface area contributed by atoms with Crippen LogP contribution in [0.5, 0.6) is 5.88 Å². The molecule has 0 unspecified atom stereocenters. The maximum atomic E-state index is 11.1. The number of nitrogens with one attached hydrogen (secondary N) is 1. The predicted octanol–water partition coefficient (Wildman–Crippen LogP) is 1.63. The normalized spacial score (nSPS) is 14.6. The van der Waals surface area contributed by atoms with E-state index >= 15 is 0 Å². The molecule has 2 rings (SSSR count). The fourth-order valence-corrected chi connectivity index (χ4v) is 1.68. The summed E-state index contributed by atoms with van der Waals surface area (Å²) in [4.78, 5) is 15.1. The van der Waals surface area contributed by atoms with Gasteiger partial charge >= 0.3 is 0 Å². The van der Waals surface area contributed by atoms with Gasteiger partial charge < -0.3 is 10.1 Å². The molecule has 0 atom stereocenters. The molecule has 1 aromatic rings. The molecular formula is C9H9ClN2O2. The maximum Gasteiger partial charge on any atom is 0.224 e. The van der Waals surface area contributed by atoms with Crippen LogP contribution in [0, 0.1) is 0 Å². The average Bonchev–Trinajstić information content (AvgIpc) is 2.15. The van der Waals surface area contributed by atoms with E-state index in [-0.39, 0.29) is 5.91 Å². The highest BCUT2D eigenvalue weighted by atomic mass is 35.5. The van der Waals surface area contributed by atoms with Crippen molar-refractivity contribution in [2.75, 3.05) is 12.4 Å². The summed E-state index contributed by atoms with van der Waals surface area (Å²) in [5.41, 5.74) is 1.62. The summed E-state index contributed by atoms with van der Waals surface area (Å²) in [5.74, 6) is 0.495. The van der Waals surface area contributed by atoms with Crippen molar-refractivity contribution in [3.63, 3.8) is 0 Å². The summed E-state index contributed by atoms with van der Waals surface area (Å²) in [6.07, 6.45) is 1.11. The van der Waals surface area contributed by atoms with Crippen molar-refractivity contribution in [1.29, 1.82) is 0 Å². The Morgan fingerprint density at radius 1 is 1.57 bits per heavy atom. The summed E-state index contributed by atoms with van der Waals surface area (Å²) in [7, 11) is 1.54. The molecule has 0 saturated carbocycles. The SMILES string of the molecule is COc1nc(Cl)cc2c1CCC(=O)N2. The number of halogens is 1. The lowest BCUT2D eigenvalue weighted by Crippen LogP contribution is -2.19. The quantitative estimate of drug-likeness (QED) is 0.720. The van der Waals surface area contributed by atoms with Gasteiger partial charge in [0.05, 0.1) is 12.8 Å². The van der Waals surface area contributed by atoms with E-state index in [0.717, 1.165) is 5.56 Å². The lowest BCUT2D eigenvalue weighted by molar-refractivity contribution is -0.116. The van der Waals surface area contributed by atoms with E-state index in [1.54, 1.807) is 6.07 Å². The van der Waals surface area contributed by atoms with Gasteiger partial charge in [-0.3, -0.25) is 4.79 Å². The van der Waals surface area contributed by atoms with E-state index < -0.39 is 0 Å². The summed E-state index contributed by atoms with van der Waals surface area (Å²) < 4.78 is 5.08. The van der Waals surface area contributed by atoms with Crippen LogP contribution in [0.25, 0.3) is 0 Å². The molecule has 0 spiro atoms. The fraction of sp³-hybridized carbons (Fsp3) is 0.333. The Morgan fingerprint density at radius 2 is 2.36 bits per heavy atom. The van der Waals surface area contributed by atoms with Crippen molar-refractivity contribution >= 4 is 23.2 Å². The third kappa shape index (κ3) is 1.53. The first-order valence-corrected chi connectivity index (χ1v) is 4.62. The number of amides is 1. The number of methoxy groups -OCH3 is 1. The van der Waals surface area contributed by atoms with Gasteiger partial charge in [-0.25, -0.2) is 4.98 Å². The standard InChI is InChI=1S/C9H9ClN2O2/c1-14-9-5-2-3-8(13)11-6(5)4-7(10)12-9/h4H,2-3H2,1H3,(H,11,13). The first-order valence-electron chi connectivity index (χ1n) is 4.24. The molecule has 1 aliphatic heterocycles. The summed E-state index contributed by atoms with van der Waals surface area (Å²) in [5, 5.41) is 3.05. The largest absolute Gasteiger partial charge is 0.481 e. The van der Waals surface area contributed by atoms with E-state index in [0.29, 0.717) is 29.6 Å². The Hall–Kier alpha value is -1.29. The van der Waals surface area contributed by atoms with Crippen LogP contribution in [0.3, 0.4) is 0 Å². The topological polar surface area (TPSA) is 51.2 Å². The zero-order valence-electron chi connectivity index (χ0n) is 7.63. The number of pyridine rings is 1. The average molecular weight is 213 g/mol. The molecular weight excluding hydrogens is 204 g/mol. The van der Waals surface area contributed by atoms with Crippen molar-refractivity contribution in [2.24, 2.45) is 0 Å². The first-order chi connectivity index (χ1) is 6.70. The maximum absolute atomic E-state index is 11.1. The molecule has 1 amide bonds. The van der Waals surface area contributed by atoms with Crippen LogP contribution in [-0.4, -0.2) is 18.0 Å². The number of carbonyl (C=O) groups is 1. The van der Waals surface area contributed by atoms with Crippen LogP contribution in [0.1, 0.15) is 12.0 Å². The number of rotatable bonds is 1. The van der Waals surface area contributed by atoms with Crippen LogP contribution >= 0.6 is 11.6 Å². The van der Waals surface area contributed by atoms with Gasteiger partial charge in [0.1, 0.15) is 5.15 Å². The molecule has 0 saturated heterocycles. The van der Waals surface area contributed by atoms with Crippen molar-refractivity contribution in [2.45, 2.75) is 12.8 Å². The van der Waals surface area contributed by atoms with E-state index in [4.69, 9.17) is 16.3 Å². The summed E-state index contributed by atoms with van der Waals surface area (Å²) in [6, 6.07) is 1.64. The highest BCUT2D eigenvalue weighted by Gasteiger charge is 2.20. The van der Waals surface area contributed by atoms with Gasteiger partial charge in [0, 0.05) is 12.0 Å². The molecule has 14 heavy (non-hydrogen) atoms. The van der Waals surface area contributed by atoms with Crippen LogP contribution in [0.2, 0.25) is 5.15 Å². The lowest BCUT2D eigenvalue weighted by atomic mass is 10.1. The van der Waals surface area contributed by atoms with E-state index in [9.17, 15) is 4.79 Å². The Bertz CT molecular complexity index is 393. The lowest BCUT2D eigenvalue weighted by Gasteiger charge is -2.18. The van der Waals surface area contributed by atoms with Gasteiger partial charge in [-0.05, 0) is 12.5 Å². The Morgan fingerprint density at radius 3 is 3.07 bits per heavy atom. The molecule has 5 heteroatoms. The van der Waals surface area contributed by atoms with Crippen LogP contribution < -0.4 is 10.1 Å². The first kappa shape index (κ1) is 9.27. The molecule has 1 aliphatic rings. The minimum Gasteiger partial charge on any atom is -0.481 e. The second-order valence-electron chi connectivity index (χ2n) is 3.03. The second-order valence-corrected chi connectivity index (χ2v) is 3.42. The molecule has 1 N–H and O–H groups in total. The third-order valence-electron chi connectivity index (χ3n) is 2.12. The molecule has 74 valence electrons. The van der Waals surface area contributed by atoms with E-state index in [2.05, 4.69) is 10.3 Å². The number of nitrogens with zero attached hydrogens (tertiary/aromatic N) is 1. The number of fused-ring (bicyclic) bond motifs is 1. The summed E-state index contributed by atoms with van der Waals surface area (Å²) in [6.45, 7) is 0. The van der Waals surface area contributed by atoms with Gasteiger partial charge in [-0.15, -0.1) is 0 Å². The highest BCUT2D eigenvalue weighted by molar-refractivity contribution is 6.29. The zero-order valence-corrected chi connectivity index (χ0v) is 8.39. The number of carbonyl (C=O) groups excluding carboxylic acids is 1. The van der Waals surface area contributed by atoms with E-state index in [1.165, 1.54) is 7.11 Å². The predicted molar refractivity (Wildman–Crippen MR) is 52.7 cm³/mol. The van der Waals surface area contributed by atoms with Crippen molar-refractivity contribution < 1.29 is 9.53 Å². The van der Waals surface area contributed by atoms with Gasteiger partial charge in [0.15, 0.2) is 0 Å². The van der Waals surface area contributed by atoms with Crippen LogP contribution in [0.4, 0.5) is 5.69 Å². The Kier molecular flexibility index (Phi) is 2.29. The fourth-order valence-electron chi connectivity index (χ4n) is 1.49. The third-order valence-corrected chi connectivity index (χ3v) is 2.32. The number of hydrogen-bond acceptors (Lipinski definition) is 3. The molecule has 0 fully saturated rings. The van der Waals surface area contributed by atoms with Gasteiger partial charge in [0.25, 0.3) is 0 Å². The minimum atomic E-state index is 0.00168. The van der Waals surface area contributed by atoms with Crippen molar-refractivity contribution in [3.8, 4) is 5.88 Å². The zero-order chi connectivity index (χ0) is 10.1. The molecule has 1 aromatic heterocycles. The van der Waals surface area contributed by atoms with Crippen molar-refractivity contribution in [3.05, 3.63) is 16.8 Å². The molecule has 0 aliphatic carbocycles. The molecule has 4 nitrogen and oxygen atoms in total. The summed E-state index contributed by atoms with van der Waals surface area (Å²) >= 11 is 5.77. The number of anilines is 1. The van der Waals surface area contributed by atoms with Crippen LogP contribution in [-0.2, 0) is 11.2 Å². The molecule has 0 aromatic carbocycles. The Labute approximate surface area is 86.2 Å². The number of aromatic nitrogens is 1. The smallest absolute Gasteiger partial charge is 0.224 e. The molecule has 2 heterocycles.